The molecule has 0 atom stereocenters. The highest BCUT2D eigenvalue weighted by Gasteiger charge is 2.05. The number of aromatic amines is 1. The predicted octanol–water partition coefficient (Wildman–Crippen LogP) is 2.18. The monoisotopic (exact) mass is 278 g/mol. The Balaban J connectivity index is 2.29. The van der Waals surface area contributed by atoms with Crippen LogP contribution in [-0.2, 0) is 4.79 Å². The molecule has 80 valence electrons. The minimum absolute atomic E-state index is 0.148. The fourth-order valence-corrected chi connectivity index (χ4v) is 1.74. The highest BCUT2D eigenvalue weighted by Crippen LogP contribution is 2.24. The number of nitrogens with zero attached hydrogens (tertiary/aromatic N) is 2. The second kappa shape index (κ2) is 4.33. The number of anilines is 1. The zero-order valence-corrected chi connectivity index (χ0v) is 9.71. The Kier molecular flexibility index (Phi) is 2.88. The smallest absolute Gasteiger partial charge is 0.238 e. The standard InChI is InChI=1S/C10H7BrN4O/c11-10-7-5-6(13-9(16)3-4-12)1-2-8(7)14-15-10/h1-2,5H,3H2,(H,13,16)(H,14,15). The van der Waals surface area contributed by atoms with Crippen LogP contribution in [0.4, 0.5) is 5.69 Å². The molecule has 0 aliphatic rings. The van der Waals surface area contributed by atoms with Crippen LogP contribution >= 0.6 is 15.9 Å². The summed E-state index contributed by atoms with van der Waals surface area (Å²) in [5, 5.41) is 18.7. The molecule has 0 unspecified atom stereocenters. The Hall–Kier alpha value is -1.87. The van der Waals surface area contributed by atoms with Gasteiger partial charge in [0.25, 0.3) is 0 Å². The van der Waals surface area contributed by atoms with Gasteiger partial charge in [0.05, 0.1) is 11.6 Å². The Morgan fingerprint density at radius 1 is 1.62 bits per heavy atom. The summed E-state index contributed by atoms with van der Waals surface area (Å²) in [6.07, 6.45) is -0.148. The van der Waals surface area contributed by atoms with E-state index < -0.39 is 0 Å². The van der Waals surface area contributed by atoms with Crippen LogP contribution in [0.25, 0.3) is 10.9 Å². The lowest BCUT2D eigenvalue weighted by Crippen LogP contribution is -2.09. The van der Waals surface area contributed by atoms with Crippen LogP contribution in [0, 0.1) is 11.3 Å². The van der Waals surface area contributed by atoms with Crippen LogP contribution in [0.15, 0.2) is 22.8 Å². The number of halogens is 1. The highest BCUT2D eigenvalue weighted by molar-refractivity contribution is 9.10. The van der Waals surface area contributed by atoms with Gasteiger partial charge in [-0.1, -0.05) is 0 Å². The Morgan fingerprint density at radius 3 is 3.19 bits per heavy atom. The van der Waals surface area contributed by atoms with Crippen LogP contribution in [-0.4, -0.2) is 16.1 Å². The first kappa shape index (κ1) is 10.6. The molecule has 0 saturated heterocycles. The van der Waals surface area contributed by atoms with Crippen molar-refractivity contribution < 1.29 is 4.79 Å². The Labute approximate surface area is 99.6 Å². The number of H-pyrrole nitrogens is 1. The maximum Gasteiger partial charge on any atom is 0.238 e. The number of carbonyl (C=O) groups is 1. The third-order valence-corrected chi connectivity index (χ3v) is 2.64. The molecule has 1 amide bonds. The minimum Gasteiger partial charge on any atom is -0.325 e. The quantitative estimate of drug-likeness (QED) is 0.883. The average Bonchev–Trinajstić information content (AvgIpc) is 2.61. The highest BCUT2D eigenvalue weighted by atomic mass is 79.9. The van der Waals surface area contributed by atoms with E-state index in [9.17, 15) is 4.79 Å². The normalized spacial score (nSPS) is 10.0. The number of nitriles is 1. The molecule has 0 aliphatic heterocycles. The molecule has 2 rings (SSSR count). The van der Waals surface area contributed by atoms with Crippen molar-refractivity contribution in [2.45, 2.75) is 6.42 Å². The number of rotatable bonds is 2. The van der Waals surface area contributed by atoms with Crippen molar-refractivity contribution in [3.05, 3.63) is 22.8 Å². The number of aromatic nitrogens is 2. The van der Waals surface area contributed by atoms with Crippen molar-refractivity contribution in [1.82, 2.24) is 10.2 Å². The van der Waals surface area contributed by atoms with Gasteiger partial charge in [0.1, 0.15) is 11.0 Å². The SMILES string of the molecule is N#CCC(=O)Nc1ccc2n[nH]c(Br)c2c1. The molecule has 1 aromatic carbocycles. The largest absolute Gasteiger partial charge is 0.325 e. The molecular weight excluding hydrogens is 272 g/mol. The molecule has 2 N–H and O–H groups in total. The van der Waals surface area contributed by atoms with E-state index in [2.05, 4.69) is 31.4 Å². The lowest BCUT2D eigenvalue weighted by Gasteiger charge is -2.01. The van der Waals surface area contributed by atoms with E-state index in [1.807, 2.05) is 0 Å². The number of amides is 1. The van der Waals surface area contributed by atoms with Crippen molar-refractivity contribution in [1.29, 1.82) is 5.26 Å². The number of hydrogen-bond donors (Lipinski definition) is 2. The van der Waals surface area contributed by atoms with Gasteiger partial charge in [-0.3, -0.25) is 9.89 Å². The lowest BCUT2D eigenvalue weighted by atomic mass is 10.2. The van der Waals surface area contributed by atoms with Gasteiger partial charge in [-0.25, -0.2) is 0 Å². The number of carbonyl (C=O) groups excluding carboxylic acids is 1. The molecule has 2 aromatic rings. The van der Waals surface area contributed by atoms with Gasteiger partial charge in [0.2, 0.25) is 5.91 Å². The topological polar surface area (TPSA) is 81.6 Å². The van der Waals surface area contributed by atoms with Crippen LogP contribution in [0.5, 0.6) is 0 Å². The molecule has 0 radical (unpaired) electrons. The van der Waals surface area contributed by atoms with E-state index in [0.717, 1.165) is 15.5 Å². The lowest BCUT2D eigenvalue weighted by molar-refractivity contribution is -0.115. The zero-order chi connectivity index (χ0) is 11.5. The number of fused-ring (bicyclic) bond motifs is 1. The summed E-state index contributed by atoms with van der Waals surface area (Å²) in [6.45, 7) is 0. The molecule has 1 aromatic heterocycles. The van der Waals surface area contributed by atoms with Gasteiger partial charge < -0.3 is 5.32 Å². The van der Waals surface area contributed by atoms with Gasteiger partial charge in [0.15, 0.2) is 0 Å². The Morgan fingerprint density at radius 2 is 2.44 bits per heavy atom. The van der Waals surface area contributed by atoms with Crippen LogP contribution < -0.4 is 5.32 Å². The molecule has 6 heteroatoms. The van der Waals surface area contributed by atoms with E-state index in [1.165, 1.54) is 0 Å². The summed E-state index contributed by atoms with van der Waals surface area (Å²) >= 11 is 3.31. The number of nitrogens with one attached hydrogen (secondary N) is 2. The maximum absolute atomic E-state index is 11.2. The summed E-state index contributed by atoms with van der Waals surface area (Å²) in [7, 11) is 0. The van der Waals surface area contributed by atoms with Crippen molar-refractivity contribution in [3.8, 4) is 6.07 Å². The van der Waals surface area contributed by atoms with Crippen LogP contribution in [0.3, 0.4) is 0 Å². The van der Waals surface area contributed by atoms with E-state index in [-0.39, 0.29) is 12.3 Å². The van der Waals surface area contributed by atoms with Crippen molar-refractivity contribution in [2.75, 3.05) is 5.32 Å². The van der Waals surface area contributed by atoms with Gasteiger partial charge >= 0.3 is 0 Å². The van der Waals surface area contributed by atoms with E-state index >= 15 is 0 Å². The molecule has 0 fully saturated rings. The molecule has 0 saturated carbocycles. The summed E-state index contributed by atoms with van der Waals surface area (Å²) in [6, 6.07) is 7.11. The van der Waals surface area contributed by atoms with Crippen LogP contribution in [0.1, 0.15) is 6.42 Å². The fraction of sp³-hybridized carbons (Fsp3) is 0.100. The van der Waals surface area contributed by atoms with E-state index in [1.54, 1.807) is 24.3 Å². The van der Waals surface area contributed by atoms with Gasteiger partial charge in [-0.05, 0) is 34.1 Å². The first-order valence-corrected chi connectivity index (χ1v) is 5.30. The first-order chi connectivity index (χ1) is 7.70. The maximum atomic E-state index is 11.2. The third-order valence-electron chi connectivity index (χ3n) is 2.03. The van der Waals surface area contributed by atoms with Crippen LogP contribution in [0.2, 0.25) is 0 Å². The van der Waals surface area contributed by atoms with Crippen molar-refractivity contribution in [2.24, 2.45) is 0 Å². The molecule has 16 heavy (non-hydrogen) atoms. The molecule has 1 heterocycles. The molecule has 0 bridgehead atoms. The predicted molar refractivity (Wildman–Crippen MR) is 62.7 cm³/mol. The fourth-order valence-electron chi connectivity index (χ4n) is 1.33. The number of hydrogen-bond acceptors (Lipinski definition) is 3. The summed E-state index contributed by atoms with van der Waals surface area (Å²) in [5.74, 6) is -0.318. The van der Waals surface area contributed by atoms with Gasteiger partial charge in [-0.2, -0.15) is 10.4 Å². The van der Waals surface area contributed by atoms with Gasteiger partial charge in [-0.15, -0.1) is 0 Å². The summed E-state index contributed by atoms with van der Waals surface area (Å²) in [5.41, 5.74) is 1.46. The van der Waals surface area contributed by atoms with Gasteiger partial charge in [0, 0.05) is 11.1 Å². The third kappa shape index (κ3) is 2.04. The van der Waals surface area contributed by atoms with E-state index in [0.29, 0.717) is 5.69 Å². The second-order valence-electron chi connectivity index (χ2n) is 3.15. The summed E-state index contributed by atoms with van der Waals surface area (Å²) in [4.78, 5) is 11.2. The van der Waals surface area contributed by atoms with E-state index in [4.69, 9.17) is 5.26 Å². The van der Waals surface area contributed by atoms with Crippen molar-refractivity contribution in [3.63, 3.8) is 0 Å². The average molecular weight is 279 g/mol. The first-order valence-electron chi connectivity index (χ1n) is 4.51. The Bertz CT molecular complexity index is 584. The molecule has 0 spiro atoms. The number of benzene rings is 1. The molecule has 0 aliphatic carbocycles. The molecular formula is C10H7BrN4O. The second-order valence-corrected chi connectivity index (χ2v) is 3.95. The zero-order valence-electron chi connectivity index (χ0n) is 8.12. The van der Waals surface area contributed by atoms with Crippen molar-refractivity contribution >= 4 is 38.4 Å². The molecule has 5 nitrogen and oxygen atoms in total. The minimum atomic E-state index is -0.318. The summed E-state index contributed by atoms with van der Waals surface area (Å²) < 4.78 is 0.763.